The quantitative estimate of drug-likeness (QED) is 0.466. The van der Waals surface area contributed by atoms with Gasteiger partial charge < -0.3 is 9.64 Å². The van der Waals surface area contributed by atoms with Gasteiger partial charge >= 0.3 is 0 Å². The van der Waals surface area contributed by atoms with Gasteiger partial charge in [0.2, 0.25) is 0 Å². The maximum absolute atomic E-state index is 13.9. The molecule has 0 saturated heterocycles. The van der Waals surface area contributed by atoms with Gasteiger partial charge in [-0.1, -0.05) is 24.3 Å². The Morgan fingerprint density at radius 2 is 1.62 bits per heavy atom. The molecule has 174 valence electrons. The monoisotopic (exact) mass is 455 g/mol. The number of anilines is 1. The van der Waals surface area contributed by atoms with E-state index in [4.69, 9.17) is 4.74 Å². The Labute approximate surface area is 200 Å². The smallest absolute Gasteiger partial charge is 0.282 e. The summed E-state index contributed by atoms with van der Waals surface area (Å²) in [6.45, 7) is 7.09. The Bertz CT molecular complexity index is 1230. The second-order valence-electron chi connectivity index (χ2n) is 8.40. The fourth-order valence-corrected chi connectivity index (χ4v) is 4.46. The Kier molecular flexibility index (Phi) is 6.77. The number of methoxy groups -OCH3 is 1. The number of nitrogens with zero attached hydrogens (tertiary/aromatic N) is 3. The summed E-state index contributed by atoms with van der Waals surface area (Å²) in [6, 6.07) is 17.1. The summed E-state index contributed by atoms with van der Waals surface area (Å²) in [5.41, 5.74) is 5.09. The number of pyridine rings is 1. The summed E-state index contributed by atoms with van der Waals surface area (Å²) in [5.74, 6) is -0.0899. The molecule has 6 nitrogen and oxygen atoms in total. The van der Waals surface area contributed by atoms with Crippen molar-refractivity contribution in [1.82, 2.24) is 9.88 Å². The van der Waals surface area contributed by atoms with E-state index in [-0.39, 0.29) is 11.8 Å². The van der Waals surface area contributed by atoms with Crippen LogP contribution in [0.3, 0.4) is 0 Å². The van der Waals surface area contributed by atoms with E-state index in [2.05, 4.69) is 4.98 Å². The van der Waals surface area contributed by atoms with E-state index in [1.807, 2.05) is 80.3 Å². The van der Waals surface area contributed by atoms with Crippen LogP contribution in [0.2, 0.25) is 0 Å². The molecule has 1 aliphatic heterocycles. The van der Waals surface area contributed by atoms with Crippen molar-refractivity contribution in [2.24, 2.45) is 0 Å². The van der Waals surface area contributed by atoms with Gasteiger partial charge in [0.1, 0.15) is 11.4 Å². The molecule has 4 rings (SSSR count). The molecule has 6 heteroatoms. The van der Waals surface area contributed by atoms with E-state index in [1.54, 1.807) is 19.5 Å². The number of aryl methyl sites for hydroxylation is 2. The van der Waals surface area contributed by atoms with E-state index in [0.717, 1.165) is 23.1 Å². The predicted molar refractivity (Wildman–Crippen MR) is 134 cm³/mol. The number of imide groups is 1. The molecule has 2 amide bonds. The third kappa shape index (κ3) is 4.44. The molecular formula is C28H29N3O3. The minimum Gasteiger partial charge on any atom is -0.496 e. The average Bonchev–Trinajstić information content (AvgIpc) is 3.09. The van der Waals surface area contributed by atoms with Crippen LogP contribution in [0, 0.1) is 13.8 Å². The number of hydrogen-bond acceptors (Lipinski definition) is 5. The summed E-state index contributed by atoms with van der Waals surface area (Å²) < 4.78 is 5.57. The number of benzene rings is 2. The first kappa shape index (κ1) is 23.2. The molecule has 1 aliphatic rings. The first-order valence-electron chi connectivity index (χ1n) is 11.4. The third-order valence-corrected chi connectivity index (χ3v) is 6.02. The van der Waals surface area contributed by atoms with Crippen LogP contribution >= 0.6 is 0 Å². The molecule has 2 heterocycles. The zero-order valence-corrected chi connectivity index (χ0v) is 20.0. The van der Waals surface area contributed by atoms with Gasteiger partial charge in [-0.2, -0.15) is 0 Å². The fraction of sp³-hybridized carbons (Fsp3) is 0.250. The Morgan fingerprint density at radius 1 is 0.941 bits per heavy atom. The molecule has 1 aromatic heterocycles. The topological polar surface area (TPSA) is 62.7 Å². The number of carbonyl (C=O) groups is 2. The SMILES string of the molecule is CCN(CCc1ccncc1)C1=C(c2ccccc2OC)C(=O)N(c2cc(C)cc(C)c2)C1=O. The lowest BCUT2D eigenvalue weighted by Crippen LogP contribution is -2.36. The molecule has 0 fully saturated rings. The third-order valence-electron chi connectivity index (χ3n) is 6.02. The normalized spacial score (nSPS) is 13.6. The number of hydrogen-bond donors (Lipinski definition) is 0. The number of carbonyl (C=O) groups excluding carboxylic acids is 2. The van der Waals surface area contributed by atoms with Crippen molar-refractivity contribution in [3.8, 4) is 5.75 Å². The van der Waals surface area contributed by atoms with Gasteiger partial charge in [-0.05, 0) is 74.2 Å². The predicted octanol–water partition coefficient (Wildman–Crippen LogP) is 4.56. The molecule has 0 aliphatic carbocycles. The minimum atomic E-state index is -0.336. The number of ether oxygens (including phenoxy) is 1. The number of para-hydroxylation sites is 1. The van der Waals surface area contributed by atoms with E-state index < -0.39 is 0 Å². The number of likely N-dealkylation sites (N-methyl/N-ethyl adjacent to an activating group) is 1. The molecule has 0 bridgehead atoms. The maximum atomic E-state index is 13.9. The van der Waals surface area contributed by atoms with Gasteiger partial charge in [0.15, 0.2) is 0 Å². The first-order valence-corrected chi connectivity index (χ1v) is 11.4. The van der Waals surface area contributed by atoms with Crippen LogP contribution < -0.4 is 9.64 Å². The van der Waals surface area contributed by atoms with Crippen molar-refractivity contribution in [3.63, 3.8) is 0 Å². The van der Waals surface area contributed by atoms with Crippen molar-refractivity contribution >= 4 is 23.1 Å². The molecule has 0 spiro atoms. The Hall–Kier alpha value is -3.93. The van der Waals surface area contributed by atoms with Gasteiger partial charge in [0.25, 0.3) is 11.8 Å². The summed E-state index contributed by atoms with van der Waals surface area (Å²) in [6.07, 6.45) is 4.25. The molecule has 0 radical (unpaired) electrons. The van der Waals surface area contributed by atoms with Crippen molar-refractivity contribution in [1.29, 1.82) is 0 Å². The maximum Gasteiger partial charge on any atom is 0.282 e. The van der Waals surface area contributed by atoms with Gasteiger partial charge in [0, 0.05) is 31.0 Å². The summed E-state index contributed by atoms with van der Waals surface area (Å²) in [7, 11) is 1.57. The van der Waals surface area contributed by atoms with Crippen molar-refractivity contribution in [2.75, 3.05) is 25.1 Å². The largest absolute Gasteiger partial charge is 0.496 e. The molecule has 0 unspecified atom stereocenters. The van der Waals surface area contributed by atoms with Gasteiger partial charge in [0.05, 0.1) is 18.4 Å². The highest BCUT2D eigenvalue weighted by Crippen LogP contribution is 2.38. The highest BCUT2D eigenvalue weighted by atomic mass is 16.5. The Morgan fingerprint density at radius 3 is 2.26 bits per heavy atom. The standard InChI is InChI=1S/C28H29N3O3/c1-5-30(15-12-21-10-13-29-14-11-21)26-25(23-8-6-7-9-24(23)34-4)27(32)31(28(26)33)22-17-19(2)16-20(3)18-22/h6-11,13-14,16-18H,5,12,15H2,1-4H3. The van der Waals surface area contributed by atoms with Crippen LogP contribution in [0.1, 0.15) is 29.2 Å². The van der Waals surface area contributed by atoms with Gasteiger partial charge in [-0.3, -0.25) is 14.6 Å². The first-order chi connectivity index (χ1) is 16.4. The average molecular weight is 456 g/mol. The zero-order chi connectivity index (χ0) is 24.2. The Balaban J connectivity index is 1.82. The summed E-state index contributed by atoms with van der Waals surface area (Å²) in [4.78, 5) is 35.1. The molecule has 0 saturated carbocycles. The van der Waals surface area contributed by atoms with E-state index >= 15 is 0 Å². The molecule has 3 aromatic rings. The highest BCUT2D eigenvalue weighted by molar-refractivity contribution is 6.45. The summed E-state index contributed by atoms with van der Waals surface area (Å²) in [5, 5.41) is 0. The summed E-state index contributed by atoms with van der Waals surface area (Å²) >= 11 is 0. The van der Waals surface area contributed by atoms with Crippen LogP contribution in [0.5, 0.6) is 5.75 Å². The molecular weight excluding hydrogens is 426 g/mol. The van der Waals surface area contributed by atoms with Gasteiger partial charge in [-0.25, -0.2) is 4.90 Å². The van der Waals surface area contributed by atoms with E-state index in [1.165, 1.54) is 4.90 Å². The van der Waals surface area contributed by atoms with Crippen LogP contribution in [-0.4, -0.2) is 41.9 Å². The lowest BCUT2D eigenvalue weighted by atomic mass is 10.0. The molecule has 0 N–H and O–H groups in total. The molecule has 2 aromatic carbocycles. The number of amides is 2. The van der Waals surface area contributed by atoms with Crippen LogP contribution in [0.25, 0.3) is 5.57 Å². The van der Waals surface area contributed by atoms with Crippen molar-refractivity contribution < 1.29 is 14.3 Å². The molecule has 0 atom stereocenters. The van der Waals surface area contributed by atoms with Crippen molar-refractivity contribution in [2.45, 2.75) is 27.2 Å². The van der Waals surface area contributed by atoms with Crippen LogP contribution in [0.4, 0.5) is 5.69 Å². The lowest BCUT2D eigenvalue weighted by Gasteiger charge is -2.25. The minimum absolute atomic E-state index is 0.313. The van der Waals surface area contributed by atoms with Crippen molar-refractivity contribution in [3.05, 3.63) is 94.9 Å². The van der Waals surface area contributed by atoms with Crippen LogP contribution in [-0.2, 0) is 16.0 Å². The van der Waals surface area contributed by atoms with Crippen LogP contribution in [0.15, 0.2) is 72.7 Å². The van der Waals surface area contributed by atoms with E-state index in [9.17, 15) is 9.59 Å². The van der Waals surface area contributed by atoms with Gasteiger partial charge in [-0.15, -0.1) is 0 Å². The number of rotatable bonds is 8. The van der Waals surface area contributed by atoms with E-state index in [0.29, 0.717) is 41.4 Å². The molecule has 34 heavy (non-hydrogen) atoms. The lowest BCUT2D eigenvalue weighted by molar-refractivity contribution is -0.120. The fourth-order valence-electron chi connectivity index (χ4n) is 4.46. The second kappa shape index (κ2) is 9.91. The zero-order valence-electron chi connectivity index (χ0n) is 20.0. The highest BCUT2D eigenvalue weighted by Gasteiger charge is 2.43. The number of aromatic nitrogens is 1. The second-order valence-corrected chi connectivity index (χ2v) is 8.40.